The standard InChI is InChI=1S/C34H41ClFN5O4S/c1-33(2,3)46(44)40-34(17-16-22-10-11-22,23-8-6-5-7-9-23)24-12-14-27(36)28(18-24)38-31(42)29-19-26(45-4)21-41(29)32(43)39-30-15-13-25(35)20-37-30/h5-9,12-15,18,20,22,26,29,40H,10-11,16-17,19,21H2,1-4H3,(H,38,42)(H,37,39,43)/t26-,29-,34-,46?/m1/s1. The Hall–Kier alpha value is -3.22. The van der Waals surface area contributed by atoms with Crippen molar-refractivity contribution >= 4 is 46.4 Å². The number of hydrogen-bond acceptors (Lipinski definition) is 6. The van der Waals surface area contributed by atoms with Crippen LogP contribution in [0, 0.1) is 11.7 Å². The van der Waals surface area contributed by atoms with Gasteiger partial charge in [0.15, 0.2) is 0 Å². The van der Waals surface area contributed by atoms with E-state index in [0.717, 1.165) is 24.8 Å². The van der Waals surface area contributed by atoms with Crippen LogP contribution in [0.2, 0.25) is 5.02 Å². The van der Waals surface area contributed by atoms with Crippen LogP contribution in [0.4, 0.5) is 20.7 Å². The van der Waals surface area contributed by atoms with Crippen LogP contribution in [0.1, 0.15) is 64.0 Å². The lowest BCUT2D eigenvalue weighted by Crippen LogP contribution is -2.52. The quantitative estimate of drug-likeness (QED) is 0.198. The van der Waals surface area contributed by atoms with E-state index in [1.54, 1.807) is 24.3 Å². The highest BCUT2D eigenvalue weighted by molar-refractivity contribution is 7.90. The normalized spacial score (nSPS) is 20.2. The summed E-state index contributed by atoms with van der Waals surface area (Å²) >= 11 is 4.45. The van der Waals surface area contributed by atoms with Gasteiger partial charge in [-0.2, -0.15) is 0 Å². The first-order chi connectivity index (χ1) is 21.9. The van der Waals surface area contributed by atoms with Crippen molar-refractivity contribution in [2.45, 2.75) is 75.3 Å². The van der Waals surface area contributed by atoms with Gasteiger partial charge in [0.25, 0.3) is 0 Å². The zero-order valence-electron chi connectivity index (χ0n) is 26.5. The predicted molar refractivity (Wildman–Crippen MR) is 179 cm³/mol. The van der Waals surface area contributed by atoms with E-state index in [4.69, 9.17) is 16.3 Å². The number of methoxy groups -OCH3 is 1. The number of amides is 3. The van der Waals surface area contributed by atoms with Crippen molar-refractivity contribution in [2.24, 2.45) is 5.92 Å². The number of anilines is 2. The summed E-state index contributed by atoms with van der Waals surface area (Å²) < 4.78 is 37.5. The molecule has 12 heteroatoms. The molecule has 2 aromatic carbocycles. The molecule has 2 fully saturated rings. The summed E-state index contributed by atoms with van der Waals surface area (Å²) in [7, 11) is 1.52. The molecule has 3 amide bonds. The van der Waals surface area contributed by atoms with Gasteiger partial charge >= 0.3 is 6.03 Å². The molecular formula is C34H41ClFN5O4S. The molecule has 4 atom stereocenters. The van der Waals surface area contributed by atoms with Gasteiger partial charge in [-0.1, -0.05) is 60.8 Å². The summed E-state index contributed by atoms with van der Waals surface area (Å²) in [5.41, 5.74) is 0.632. The third-order valence-electron chi connectivity index (χ3n) is 8.55. The Morgan fingerprint density at radius 3 is 2.46 bits per heavy atom. The van der Waals surface area contributed by atoms with Crippen LogP contribution in [-0.2, 0) is 26.4 Å². The Morgan fingerprint density at radius 1 is 1.09 bits per heavy atom. The van der Waals surface area contributed by atoms with Crippen molar-refractivity contribution in [3.05, 3.63) is 88.8 Å². The van der Waals surface area contributed by atoms with Crippen LogP contribution < -0.4 is 15.4 Å². The fraction of sp³-hybridized carbons (Fsp3) is 0.441. The van der Waals surface area contributed by atoms with Crippen LogP contribution in [0.25, 0.3) is 0 Å². The minimum atomic E-state index is -1.47. The van der Waals surface area contributed by atoms with E-state index in [0.29, 0.717) is 22.9 Å². The maximum Gasteiger partial charge on any atom is 0.323 e. The second kappa shape index (κ2) is 14.3. The Morgan fingerprint density at radius 2 is 1.83 bits per heavy atom. The van der Waals surface area contributed by atoms with Gasteiger partial charge in [0.2, 0.25) is 5.91 Å². The molecule has 246 valence electrons. The fourth-order valence-corrected chi connectivity index (χ4v) is 6.73. The summed E-state index contributed by atoms with van der Waals surface area (Å²) in [6.07, 6.45) is 5.08. The maximum absolute atomic E-state index is 15.5. The van der Waals surface area contributed by atoms with E-state index in [1.165, 1.54) is 24.3 Å². The second-order valence-electron chi connectivity index (χ2n) is 13.0. The number of carbonyl (C=O) groups is 2. The molecule has 5 rings (SSSR count). The lowest BCUT2D eigenvalue weighted by atomic mass is 9.79. The Kier molecular flexibility index (Phi) is 10.6. The maximum atomic E-state index is 15.5. The Labute approximate surface area is 278 Å². The summed E-state index contributed by atoms with van der Waals surface area (Å²) in [4.78, 5) is 32.5. The number of urea groups is 1. The first kappa shape index (κ1) is 34.1. The number of ether oxygens (including phenoxy) is 1. The molecule has 0 radical (unpaired) electrons. The molecule has 3 N–H and O–H groups in total. The number of halogens is 2. The molecule has 46 heavy (non-hydrogen) atoms. The first-order valence-corrected chi connectivity index (χ1v) is 17.0. The summed E-state index contributed by atoms with van der Waals surface area (Å²) in [6, 6.07) is 16.1. The van der Waals surface area contributed by atoms with Gasteiger partial charge < -0.3 is 19.5 Å². The van der Waals surface area contributed by atoms with Gasteiger partial charge in [-0.15, -0.1) is 4.72 Å². The third kappa shape index (κ3) is 8.01. The van der Waals surface area contributed by atoms with Gasteiger partial charge in [-0.05, 0) is 74.9 Å². The van der Waals surface area contributed by atoms with Crippen LogP contribution in [0.15, 0.2) is 66.9 Å². The molecule has 1 aromatic heterocycles. The number of carbonyl (C=O) groups excluding carboxylic acids is 2. The Bertz CT molecular complexity index is 1520. The van der Waals surface area contributed by atoms with Gasteiger partial charge in [0, 0.05) is 37.6 Å². The molecule has 9 nitrogen and oxygen atoms in total. The lowest BCUT2D eigenvalue weighted by molar-refractivity contribution is -0.119. The minimum absolute atomic E-state index is 0.0295. The molecule has 1 aliphatic carbocycles. The van der Waals surface area contributed by atoms with Crippen molar-refractivity contribution < 1.29 is 23.3 Å². The van der Waals surface area contributed by atoms with Gasteiger partial charge in [0.1, 0.15) is 28.0 Å². The molecule has 1 aliphatic heterocycles. The van der Waals surface area contributed by atoms with Crippen LogP contribution >= 0.6 is 11.6 Å². The number of likely N-dealkylation sites (tertiary alicyclic amines) is 1. The van der Waals surface area contributed by atoms with Gasteiger partial charge in [-0.3, -0.25) is 10.1 Å². The van der Waals surface area contributed by atoms with Crippen LogP contribution in [-0.4, -0.2) is 56.9 Å². The van der Waals surface area contributed by atoms with Crippen molar-refractivity contribution in [3.8, 4) is 0 Å². The molecule has 2 aliphatic rings. The zero-order valence-corrected chi connectivity index (χ0v) is 28.1. The molecule has 1 unspecified atom stereocenters. The average molecular weight is 670 g/mol. The average Bonchev–Trinajstić information content (AvgIpc) is 3.76. The number of nitrogens with one attached hydrogen (secondary N) is 3. The van der Waals surface area contributed by atoms with E-state index >= 15 is 4.39 Å². The highest BCUT2D eigenvalue weighted by Crippen LogP contribution is 2.43. The van der Waals surface area contributed by atoms with E-state index in [2.05, 4.69) is 20.3 Å². The molecule has 1 saturated carbocycles. The molecular weight excluding hydrogens is 629 g/mol. The minimum Gasteiger partial charge on any atom is -0.598 e. The van der Waals surface area contributed by atoms with Crippen molar-refractivity contribution in [1.82, 2.24) is 14.6 Å². The summed E-state index contributed by atoms with van der Waals surface area (Å²) in [5, 5.41) is 5.86. The predicted octanol–water partition coefficient (Wildman–Crippen LogP) is 6.62. The van der Waals surface area contributed by atoms with E-state index in [9.17, 15) is 14.1 Å². The number of nitrogens with zero attached hydrogens (tertiary/aromatic N) is 2. The van der Waals surface area contributed by atoms with E-state index in [-0.39, 0.29) is 30.6 Å². The van der Waals surface area contributed by atoms with Gasteiger partial charge in [-0.25, -0.2) is 14.2 Å². The topological polar surface area (TPSA) is 119 Å². The largest absolute Gasteiger partial charge is 0.598 e. The fourth-order valence-electron chi connectivity index (χ4n) is 5.66. The molecule has 2 heterocycles. The lowest BCUT2D eigenvalue weighted by Gasteiger charge is -2.39. The number of aromatic nitrogens is 1. The second-order valence-corrected chi connectivity index (χ2v) is 15.4. The summed E-state index contributed by atoms with van der Waals surface area (Å²) in [6.45, 7) is 5.88. The first-order valence-electron chi connectivity index (χ1n) is 15.5. The van der Waals surface area contributed by atoms with Crippen LogP contribution in [0.3, 0.4) is 0 Å². The summed E-state index contributed by atoms with van der Waals surface area (Å²) in [5.74, 6) is -0.314. The van der Waals surface area contributed by atoms with E-state index < -0.39 is 45.4 Å². The number of pyridine rings is 1. The van der Waals surface area contributed by atoms with Crippen molar-refractivity contribution in [1.29, 1.82) is 0 Å². The van der Waals surface area contributed by atoms with E-state index in [1.807, 2.05) is 51.1 Å². The highest BCUT2D eigenvalue weighted by atomic mass is 35.5. The van der Waals surface area contributed by atoms with Crippen LogP contribution in [0.5, 0.6) is 0 Å². The monoisotopic (exact) mass is 669 g/mol. The smallest absolute Gasteiger partial charge is 0.323 e. The SMILES string of the molecule is CO[C@@H]1C[C@H](C(=O)Nc2cc([C@](CCC3CC3)(N[S+]([O-])C(C)(C)C)c3ccccc3)ccc2F)N(C(=O)Nc2ccc(Cl)cn2)C1. The van der Waals surface area contributed by atoms with Crippen molar-refractivity contribution in [2.75, 3.05) is 24.3 Å². The molecule has 1 saturated heterocycles. The molecule has 3 aromatic rings. The number of benzene rings is 2. The number of rotatable bonds is 11. The Balaban J connectivity index is 1.45. The van der Waals surface area contributed by atoms with Gasteiger partial charge in [0.05, 0.1) is 16.8 Å². The van der Waals surface area contributed by atoms with Crippen molar-refractivity contribution in [3.63, 3.8) is 0 Å². The highest BCUT2D eigenvalue weighted by Gasteiger charge is 2.44. The third-order valence-corrected chi connectivity index (χ3v) is 10.4. The molecule has 0 bridgehead atoms. The number of hydrogen-bond donors (Lipinski definition) is 3. The molecule has 0 spiro atoms. The zero-order chi connectivity index (χ0) is 33.1.